The summed E-state index contributed by atoms with van der Waals surface area (Å²) in [7, 11) is 0. The molecule has 0 radical (unpaired) electrons. The fourth-order valence-corrected chi connectivity index (χ4v) is 2.86. The molecule has 0 N–H and O–H groups in total. The van der Waals surface area contributed by atoms with Crippen molar-refractivity contribution in [2.75, 3.05) is 0 Å². The monoisotopic (exact) mass is 206 g/mol. The summed E-state index contributed by atoms with van der Waals surface area (Å²) in [5, 5.41) is 0. The molecule has 3 rings (SSSR count). The first-order valence-corrected chi connectivity index (χ1v) is 5.75. The van der Waals surface area contributed by atoms with Gasteiger partial charge in [-0.15, -0.1) is 0 Å². The lowest BCUT2D eigenvalue weighted by Crippen LogP contribution is -2.36. The summed E-state index contributed by atoms with van der Waals surface area (Å²) >= 11 is 0. The summed E-state index contributed by atoms with van der Waals surface area (Å²) in [6, 6.07) is 4.93. The Labute approximate surface area is 89.3 Å². The Morgan fingerprint density at radius 1 is 1.13 bits per heavy atom. The van der Waals surface area contributed by atoms with E-state index in [2.05, 4.69) is 0 Å². The molecule has 0 bridgehead atoms. The molecular weight excluding hydrogens is 191 g/mol. The third-order valence-electron chi connectivity index (χ3n) is 3.63. The van der Waals surface area contributed by atoms with Crippen molar-refractivity contribution in [2.24, 2.45) is 0 Å². The first kappa shape index (κ1) is 9.20. The molecule has 0 saturated heterocycles. The second kappa shape index (κ2) is 3.22. The lowest BCUT2D eigenvalue weighted by molar-refractivity contribution is 0.0527. The maximum Gasteiger partial charge on any atom is 0.126 e. The highest BCUT2D eigenvalue weighted by Gasteiger charge is 2.40. The zero-order valence-corrected chi connectivity index (χ0v) is 8.76. The molecule has 1 aliphatic carbocycles. The van der Waals surface area contributed by atoms with E-state index in [0.717, 1.165) is 25.0 Å². The minimum atomic E-state index is -0.193. The quantitative estimate of drug-likeness (QED) is 0.631. The molecular formula is C13H15FO. The van der Waals surface area contributed by atoms with E-state index in [1.54, 1.807) is 0 Å². The molecule has 0 amide bonds. The molecule has 1 aromatic carbocycles. The van der Waals surface area contributed by atoms with Crippen LogP contribution in [0.25, 0.3) is 0 Å². The molecule has 1 heterocycles. The number of halogens is 1. The highest BCUT2D eigenvalue weighted by Crippen LogP contribution is 2.43. The van der Waals surface area contributed by atoms with Crippen LogP contribution in [-0.4, -0.2) is 5.60 Å². The van der Waals surface area contributed by atoms with Crippen LogP contribution >= 0.6 is 0 Å². The molecule has 15 heavy (non-hydrogen) atoms. The molecule has 80 valence electrons. The van der Waals surface area contributed by atoms with Gasteiger partial charge in [0, 0.05) is 12.5 Å². The maximum atomic E-state index is 13.0. The minimum absolute atomic E-state index is 0.00831. The Bertz CT molecular complexity index is 380. The molecule has 0 aromatic heterocycles. The van der Waals surface area contributed by atoms with Gasteiger partial charge in [-0.3, -0.25) is 0 Å². The lowest BCUT2D eigenvalue weighted by atomic mass is 9.82. The van der Waals surface area contributed by atoms with Crippen LogP contribution in [0.3, 0.4) is 0 Å². The Morgan fingerprint density at radius 3 is 2.73 bits per heavy atom. The average Bonchev–Trinajstić information content (AvgIpc) is 2.56. The summed E-state index contributed by atoms with van der Waals surface area (Å²) in [4.78, 5) is 0. The molecule has 1 fully saturated rings. The Morgan fingerprint density at radius 2 is 1.93 bits per heavy atom. The zero-order valence-electron chi connectivity index (χ0n) is 8.76. The largest absolute Gasteiger partial charge is 0.487 e. The van der Waals surface area contributed by atoms with E-state index in [4.69, 9.17) is 4.74 Å². The van der Waals surface area contributed by atoms with Crippen molar-refractivity contribution in [1.82, 2.24) is 0 Å². The van der Waals surface area contributed by atoms with Gasteiger partial charge in [0.15, 0.2) is 0 Å². The molecule has 0 atom stereocenters. The van der Waals surface area contributed by atoms with Crippen LogP contribution in [-0.2, 0) is 6.42 Å². The standard InChI is InChI=1S/C13H15FO/c14-11-5-4-10-9-13(15-12(10)8-11)6-2-1-3-7-13/h4-5,8H,1-3,6-7,9H2. The first-order chi connectivity index (χ1) is 7.27. The van der Waals surface area contributed by atoms with Crippen LogP contribution in [0.2, 0.25) is 0 Å². The summed E-state index contributed by atoms with van der Waals surface area (Å²) in [5.74, 6) is 0.582. The Balaban J connectivity index is 1.90. The second-order valence-electron chi connectivity index (χ2n) is 4.77. The van der Waals surface area contributed by atoms with Gasteiger partial charge in [0.2, 0.25) is 0 Å². The molecule has 1 aromatic rings. The van der Waals surface area contributed by atoms with Crippen molar-refractivity contribution in [1.29, 1.82) is 0 Å². The van der Waals surface area contributed by atoms with Gasteiger partial charge >= 0.3 is 0 Å². The van der Waals surface area contributed by atoms with Gasteiger partial charge in [-0.2, -0.15) is 0 Å². The van der Waals surface area contributed by atoms with E-state index in [1.165, 1.54) is 37.0 Å². The molecule has 1 nitrogen and oxygen atoms in total. The highest BCUT2D eigenvalue weighted by atomic mass is 19.1. The fourth-order valence-electron chi connectivity index (χ4n) is 2.86. The van der Waals surface area contributed by atoms with Gasteiger partial charge in [0.25, 0.3) is 0 Å². The molecule has 1 aliphatic heterocycles. The maximum absolute atomic E-state index is 13.0. The molecule has 2 heteroatoms. The topological polar surface area (TPSA) is 9.23 Å². The van der Waals surface area contributed by atoms with E-state index in [0.29, 0.717) is 0 Å². The van der Waals surface area contributed by atoms with E-state index in [9.17, 15) is 4.39 Å². The van der Waals surface area contributed by atoms with E-state index in [1.807, 2.05) is 6.07 Å². The molecule has 1 spiro atoms. The lowest BCUT2D eigenvalue weighted by Gasteiger charge is -2.32. The smallest absolute Gasteiger partial charge is 0.126 e. The van der Waals surface area contributed by atoms with Gasteiger partial charge < -0.3 is 4.74 Å². The van der Waals surface area contributed by atoms with Crippen molar-refractivity contribution in [3.8, 4) is 5.75 Å². The van der Waals surface area contributed by atoms with E-state index >= 15 is 0 Å². The van der Waals surface area contributed by atoms with Crippen molar-refractivity contribution in [2.45, 2.75) is 44.1 Å². The van der Waals surface area contributed by atoms with Gasteiger partial charge in [0.05, 0.1) is 0 Å². The van der Waals surface area contributed by atoms with Gasteiger partial charge in [-0.1, -0.05) is 12.5 Å². The van der Waals surface area contributed by atoms with Crippen molar-refractivity contribution in [3.05, 3.63) is 29.6 Å². The van der Waals surface area contributed by atoms with E-state index < -0.39 is 0 Å². The second-order valence-corrected chi connectivity index (χ2v) is 4.77. The number of ether oxygens (including phenoxy) is 1. The number of hydrogen-bond donors (Lipinski definition) is 0. The third kappa shape index (κ3) is 1.52. The van der Waals surface area contributed by atoms with Crippen LogP contribution in [0.4, 0.5) is 4.39 Å². The number of fused-ring (bicyclic) bond motifs is 1. The van der Waals surface area contributed by atoms with Crippen LogP contribution in [0.1, 0.15) is 37.7 Å². The molecule has 1 saturated carbocycles. The minimum Gasteiger partial charge on any atom is -0.487 e. The van der Waals surface area contributed by atoms with Crippen molar-refractivity contribution < 1.29 is 9.13 Å². The van der Waals surface area contributed by atoms with Gasteiger partial charge in [0.1, 0.15) is 17.2 Å². The predicted molar refractivity (Wildman–Crippen MR) is 56.5 cm³/mol. The van der Waals surface area contributed by atoms with Crippen LogP contribution in [0.5, 0.6) is 5.75 Å². The summed E-state index contributed by atoms with van der Waals surface area (Å²) in [6.45, 7) is 0. The number of benzene rings is 1. The normalized spacial score (nSPS) is 22.5. The van der Waals surface area contributed by atoms with Gasteiger partial charge in [-0.25, -0.2) is 4.39 Å². The number of rotatable bonds is 0. The first-order valence-electron chi connectivity index (χ1n) is 5.75. The predicted octanol–water partition coefficient (Wildman–Crippen LogP) is 3.46. The van der Waals surface area contributed by atoms with Crippen molar-refractivity contribution >= 4 is 0 Å². The zero-order chi connectivity index (χ0) is 10.3. The molecule has 0 unspecified atom stereocenters. The number of hydrogen-bond acceptors (Lipinski definition) is 1. The van der Waals surface area contributed by atoms with Crippen LogP contribution in [0, 0.1) is 5.82 Å². The van der Waals surface area contributed by atoms with Crippen LogP contribution in [0.15, 0.2) is 18.2 Å². The molecule has 2 aliphatic rings. The highest BCUT2D eigenvalue weighted by molar-refractivity contribution is 5.39. The summed E-state index contributed by atoms with van der Waals surface area (Å²) < 4.78 is 19.0. The average molecular weight is 206 g/mol. The fraction of sp³-hybridized carbons (Fsp3) is 0.538. The SMILES string of the molecule is Fc1ccc2c(c1)OC1(CCCCC1)C2. The Hall–Kier alpha value is -1.05. The summed E-state index contributed by atoms with van der Waals surface area (Å²) in [5.41, 5.74) is 1.19. The van der Waals surface area contributed by atoms with Gasteiger partial charge in [-0.05, 0) is 37.3 Å². The van der Waals surface area contributed by atoms with Crippen molar-refractivity contribution in [3.63, 3.8) is 0 Å². The Kier molecular flexibility index (Phi) is 1.98. The third-order valence-corrected chi connectivity index (χ3v) is 3.63. The summed E-state index contributed by atoms with van der Waals surface area (Å²) in [6.07, 6.45) is 7.04. The van der Waals surface area contributed by atoms with Crippen LogP contribution < -0.4 is 4.74 Å². The van der Waals surface area contributed by atoms with E-state index in [-0.39, 0.29) is 11.4 Å².